The summed E-state index contributed by atoms with van der Waals surface area (Å²) in [7, 11) is 0. The number of nitrogens with two attached hydrogens (primary N) is 1. The van der Waals surface area contributed by atoms with Crippen LogP contribution in [0, 0.1) is 0 Å². The third-order valence-electron chi connectivity index (χ3n) is 4.52. The van der Waals surface area contributed by atoms with Gasteiger partial charge in [0.15, 0.2) is 5.60 Å². The number of esters is 1. The monoisotopic (exact) mass is 409 g/mol. The molecule has 29 heavy (non-hydrogen) atoms. The van der Waals surface area contributed by atoms with Gasteiger partial charge in [0.1, 0.15) is 11.6 Å². The summed E-state index contributed by atoms with van der Waals surface area (Å²) < 4.78 is 45.7. The molecular formula is C22H26F3NO3. The smallest absolute Gasteiger partial charge is 0.419 e. The van der Waals surface area contributed by atoms with Crippen LogP contribution in [0.2, 0.25) is 0 Å². The first-order valence-corrected chi connectivity index (χ1v) is 9.25. The van der Waals surface area contributed by atoms with Gasteiger partial charge >= 0.3 is 12.1 Å². The number of benzene rings is 2. The molecule has 2 aromatic rings. The van der Waals surface area contributed by atoms with Gasteiger partial charge in [0.2, 0.25) is 0 Å². The second kappa shape index (κ2) is 8.55. The molecule has 2 atom stereocenters. The Morgan fingerprint density at radius 3 is 2.00 bits per heavy atom. The highest BCUT2D eigenvalue weighted by Crippen LogP contribution is 2.37. The highest BCUT2D eigenvalue weighted by Gasteiger charge is 2.60. The SMILES string of the molecule is CC(C)(C)OC(=O)[C@@H](N)[C@](O)(CCc1ccc(-c2ccccc2)cc1)C(F)(F)F. The lowest BCUT2D eigenvalue weighted by Crippen LogP contribution is -2.62. The van der Waals surface area contributed by atoms with Gasteiger partial charge in [-0.15, -0.1) is 0 Å². The van der Waals surface area contributed by atoms with E-state index in [-0.39, 0.29) is 6.42 Å². The van der Waals surface area contributed by atoms with Gasteiger partial charge < -0.3 is 15.6 Å². The number of aryl methyl sites for hydroxylation is 1. The number of hydrogen-bond acceptors (Lipinski definition) is 4. The highest BCUT2D eigenvalue weighted by molar-refractivity contribution is 5.77. The number of aliphatic hydroxyl groups is 1. The average Bonchev–Trinajstić information content (AvgIpc) is 2.64. The molecule has 0 aliphatic carbocycles. The van der Waals surface area contributed by atoms with Crippen LogP contribution in [0.1, 0.15) is 32.8 Å². The second-order valence-electron chi connectivity index (χ2n) is 8.00. The summed E-state index contributed by atoms with van der Waals surface area (Å²) >= 11 is 0. The minimum Gasteiger partial charge on any atom is -0.459 e. The van der Waals surface area contributed by atoms with Crippen LogP contribution in [-0.4, -0.2) is 34.5 Å². The van der Waals surface area contributed by atoms with Crippen molar-refractivity contribution in [2.45, 2.75) is 57.0 Å². The first-order valence-electron chi connectivity index (χ1n) is 9.25. The van der Waals surface area contributed by atoms with Crippen molar-refractivity contribution in [2.75, 3.05) is 0 Å². The van der Waals surface area contributed by atoms with E-state index in [0.29, 0.717) is 5.56 Å². The Morgan fingerprint density at radius 1 is 1.00 bits per heavy atom. The zero-order valence-electron chi connectivity index (χ0n) is 16.7. The summed E-state index contributed by atoms with van der Waals surface area (Å²) in [4.78, 5) is 12.1. The van der Waals surface area contributed by atoms with Gasteiger partial charge in [-0.3, -0.25) is 4.79 Å². The Kier molecular flexibility index (Phi) is 6.75. The predicted octanol–water partition coefficient (Wildman–Crippen LogP) is 4.25. The molecule has 0 aliphatic rings. The molecule has 0 saturated carbocycles. The van der Waals surface area contributed by atoms with E-state index in [0.717, 1.165) is 11.1 Å². The van der Waals surface area contributed by atoms with Gasteiger partial charge in [-0.05, 0) is 50.3 Å². The molecule has 0 radical (unpaired) electrons. The van der Waals surface area contributed by atoms with Crippen molar-refractivity contribution >= 4 is 5.97 Å². The van der Waals surface area contributed by atoms with Gasteiger partial charge in [0.25, 0.3) is 0 Å². The van der Waals surface area contributed by atoms with E-state index in [4.69, 9.17) is 10.5 Å². The topological polar surface area (TPSA) is 72.5 Å². The van der Waals surface area contributed by atoms with Crippen LogP contribution >= 0.6 is 0 Å². The maximum Gasteiger partial charge on any atom is 0.419 e. The van der Waals surface area contributed by atoms with Crippen LogP contribution in [0.4, 0.5) is 13.2 Å². The third-order valence-corrected chi connectivity index (χ3v) is 4.52. The molecule has 2 rings (SSSR count). The van der Waals surface area contributed by atoms with E-state index < -0.39 is 35.8 Å². The highest BCUT2D eigenvalue weighted by atomic mass is 19.4. The Bertz CT molecular complexity index is 814. The maximum absolute atomic E-state index is 13.6. The molecule has 0 fully saturated rings. The molecule has 2 aromatic carbocycles. The number of rotatable bonds is 6. The number of carbonyl (C=O) groups excluding carboxylic acids is 1. The van der Waals surface area contributed by atoms with Crippen LogP contribution in [0.5, 0.6) is 0 Å². The molecule has 0 spiro atoms. The first-order chi connectivity index (χ1) is 13.3. The molecular weight excluding hydrogens is 383 g/mol. The summed E-state index contributed by atoms with van der Waals surface area (Å²) in [6.45, 7) is 4.54. The van der Waals surface area contributed by atoms with Crippen LogP contribution in [-0.2, 0) is 16.0 Å². The molecule has 0 bridgehead atoms. The fourth-order valence-corrected chi connectivity index (χ4v) is 2.86. The summed E-state index contributed by atoms with van der Waals surface area (Å²) in [5.74, 6) is -1.29. The predicted molar refractivity (Wildman–Crippen MR) is 105 cm³/mol. The first kappa shape index (κ1) is 22.9. The van der Waals surface area contributed by atoms with Crippen molar-refractivity contribution in [3.8, 4) is 11.1 Å². The van der Waals surface area contributed by atoms with Crippen molar-refractivity contribution < 1.29 is 27.8 Å². The zero-order valence-corrected chi connectivity index (χ0v) is 16.7. The Hall–Kier alpha value is -2.38. The van der Waals surface area contributed by atoms with Gasteiger partial charge in [0.05, 0.1) is 0 Å². The van der Waals surface area contributed by atoms with Crippen molar-refractivity contribution in [3.63, 3.8) is 0 Å². The summed E-state index contributed by atoms with van der Waals surface area (Å²) in [6.07, 6.45) is -5.96. The molecule has 0 heterocycles. The molecule has 158 valence electrons. The van der Waals surface area contributed by atoms with Gasteiger partial charge in [-0.1, -0.05) is 54.6 Å². The molecule has 4 nitrogen and oxygen atoms in total. The normalized spacial score (nSPS) is 15.4. The fraction of sp³-hybridized carbons (Fsp3) is 0.409. The van der Waals surface area contributed by atoms with Crippen molar-refractivity contribution in [3.05, 3.63) is 60.2 Å². The van der Waals surface area contributed by atoms with E-state index >= 15 is 0 Å². The second-order valence-corrected chi connectivity index (χ2v) is 8.00. The molecule has 3 N–H and O–H groups in total. The van der Waals surface area contributed by atoms with E-state index in [2.05, 4.69) is 0 Å². The number of hydrogen-bond donors (Lipinski definition) is 2. The summed E-state index contributed by atoms with van der Waals surface area (Å²) in [5, 5.41) is 10.3. The lowest BCUT2D eigenvalue weighted by molar-refractivity contribution is -0.271. The van der Waals surface area contributed by atoms with Gasteiger partial charge in [-0.25, -0.2) is 0 Å². The number of alkyl halides is 3. The molecule has 0 amide bonds. The maximum atomic E-state index is 13.6. The molecule has 0 saturated heterocycles. The summed E-state index contributed by atoms with van der Waals surface area (Å²) in [5.41, 5.74) is 3.59. The van der Waals surface area contributed by atoms with E-state index in [9.17, 15) is 23.1 Å². The fourth-order valence-electron chi connectivity index (χ4n) is 2.86. The van der Waals surface area contributed by atoms with Crippen molar-refractivity contribution in [2.24, 2.45) is 5.73 Å². The number of carbonyl (C=O) groups is 1. The number of ether oxygens (including phenoxy) is 1. The van der Waals surface area contributed by atoms with E-state index in [1.165, 1.54) is 20.8 Å². The lowest BCUT2D eigenvalue weighted by atomic mass is 9.87. The minimum absolute atomic E-state index is 0.110. The minimum atomic E-state index is -5.09. The van der Waals surface area contributed by atoms with Crippen LogP contribution in [0.3, 0.4) is 0 Å². The van der Waals surface area contributed by atoms with Crippen LogP contribution in [0.25, 0.3) is 11.1 Å². The van der Waals surface area contributed by atoms with E-state index in [1.54, 1.807) is 24.3 Å². The largest absolute Gasteiger partial charge is 0.459 e. The third kappa shape index (κ3) is 5.81. The van der Waals surface area contributed by atoms with Crippen LogP contribution < -0.4 is 5.73 Å². The van der Waals surface area contributed by atoms with Crippen molar-refractivity contribution in [1.82, 2.24) is 0 Å². The van der Waals surface area contributed by atoms with E-state index in [1.807, 2.05) is 30.3 Å². The zero-order chi connectivity index (χ0) is 21.9. The molecule has 0 unspecified atom stereocenters. The molecule has 7 heteroatoms. The Labute approximate surface area is 168 Å². The Balaban J connectivity index is 2.15. The molecule has 0 aromatic heterocycles. The quantitative estimate of drug-likeness (QED) is 0.700. The van der Waals surface area contributed by atoms with Gasteiger partial charge in [0, 0.05) is 0 Å². The Morgan fingerprint density at radius 2 is 1.52 bits per heavy atom. The lowest BCUT2D eigenvalue weighted by Gasteiger charge is -2.35. The standard InChI is InChI=1S/C22H26F3NO3/c1-20(2,3)29-19(27)18(26)21(28,22(23,24)25)14-13-15-9-11-17(12-10-15)16-7-5-4-6-8-16/h4-12,18,28H,13-14,26H2,1-3H3/t18-,21-/m1/s1. The van der Waals surface area contributed by atoms with Crippen molar-refractivity contribution in [1.29, 1.82) is 0 Å². The average molecular weight is 409 g/mol. The summed E-state index contributed by atoms with van der Waals surface area (Å²) in [6, 6.07) is 14.3. The van der Waals surface area contributed by atoms with Gasteiger partial charge in [-0.2, -0.15) is 13.2 Å². The number of halogens is 3. The van der Waals surface area contributed by atoms with Crippen LogP contribution in [0.15, 0.2) is 54.6 Å². The molecule has 0 aliphatic heterocycles.